The van der Waals surface area contributed by atoms with Crippen LogP contribution >= 0.6 is 0 Å². The van der Waals surface area contributed by atoms with Crippen molar-refractivity contribution >= 4 is 0 Å². The van der Waals surface area contributed by atoms with Crippen LogP contribution in [0.1, 0.15) is 38.9 Å². The molecule has 6 heteroatoms. The molecule has 1 saturated heterocycles. The number of nitrogens with zero attached hydrogens (tertiary/aromatic N) is 4. The molecule has 1 aromatic heterocycles. The smallest absolute Gasteiger partial charge is 0.141 e. The Morgan fingerprint density at radius 1 is 1.39 bits per heavy atom. The third kappa shape index (κ3) is 3.92. The average molecular weight is 322 g/mol. The molecular weight excluding hydrogens is 292 g/mol. The SMILES string of the molecule is CO[C@@H]1CCC[C@@H]1[C@@H]1COCCN1Cc1ncnn1CC(C)C. The number of hydrogen-bond donors (Lipinski definition) is 0. The number of rotatable bonds is 6. The Morgan fingerprint density at radius 3 is 3.04 bits per heavy atom. The van der Waals surface area contributed by atoms with Gasteiger partial charge in [-0.25, -0.2) is 9.67 Å². The van der Waals surface area contributed by atoms with Gasteiger partial charge in [0.05, 0.1) is 25.9 Å². The van der Waals surface area contributed by atoms with Crippen LogP contribution in [-0.4, -0.2) is 58.7 Å². The second kappa shape index (κ2) is 7.73. The molecule has 3 atom stereocenters. The summed E-state index contributed by atoms with van der Waals surface area (Å²) in [5.74, 6) is 2.21. The van der Waals surface area contributed by atoms with E-state index in [4.69, 9.17) is 9.47 Å². The lowest BCUT2D eigenvalue weighted by molar-refractivity contribution is -0.0620. The van der Waals surface area contributed by atoms with Crippen molar-refractivity contribution in [1.29, 1.82) is 0 Å². The monoisotopic (exact) mass is 322 g/mol. The first-order chi connectivity index (χ1) is 11.2. The van der Waals surface area contributed by atoms with Crippen molar-refractivity contribution in [2.75, 3.05) is 26.9 Å². The van der Waals surface area contributed by atoms with Crippen molar-refractivity contribution in [2.24, 2.45) is 11.8 Å². The molecule has 0 radical (unpaired) electrons. The predicted molar refractivity (Wildman–Crippen MR) is 88.0 cm³/mol. The van der Waals surface area contributed by atoms with E-state index < -0.39 is 0 Å². The second-order valence-corrected chi connectivity index (χ2v) is 7.23. The van der Waals surface area contributed by atoms with Gasteiger partial charge in [0.1, 0.15) is 12.2 Å². The summed E-state index contributed by atoms with van der Waals surface area (Å²) in [5, 5.41) is 4.40. The summed E-state index contributed by atoms with van der Waals surface area (Å²) in [4.78, 5) is 7.04. The first-order valence-electron chi connectivity index (χ1n) is 8.90. The third-order valence-electron chi connectivity index (χ3n) is 5.16. The van der Waals surface area contributed by atoms with Gasteiger partial charge in [-0.15, -0.1) is 0 Å². The number of methoxy groups -OCH3 is 1. The molecule has 0 spiro atoms. The van der Waals surface area contributed by atoms with Crippen LogP contribution in [0.4, 0.5) is 0 Å². The largest absolute Gasteiger partial charge is 0.381 e. The highest BCUT2D eigenvalue weighted by Gasteiger charge is 2.38. The molecule has 2 aliphatic rings. The van der Waals surface area contributed by atoms with Crippen LogP contribution in [0.15, 0.2) is 6.33 Å². The molecule has 1 aliphatic heterocycles. The van der Waals surface area contributed by atoms with Crippen LogP contribution in [-0.2, 0) is 22.6 Å². The van der Waals surface area contributed by atoms with Gasteiger partial charge >= 0.3 is 0 Å². The summed E-state index contributed by atoms with van der Waals surface area (Å²) in [6.07, 6.45) is 5.73. The van der Waals surface area contributed by atoms with Gasteiger partial charge in [-0.05, 0) is 18.8 Å². The molecule has 0 amide bonds. The summed E-state index contributed by atoms with van der Waals surface area (Å²) in [6.45, 7) is 8.78. The van der Waals surface area contributed by atoms with Gasteiger partial charge in [0.2, 0.25) is 0 Å². The Balaban J connectivity index is 1.71. The van der Waals surface area contributed by atoms with Crippen molar-refractivity contribution < 1.29 is 9.47 Å². The molecule has 0 unspecified atom stereocenters. The molecule has 0 bridgehead atoms. The van der Waals surface area contributed by atoms with Crippen molar-refractivity contribution in [3.05, 3.63) is 12.2 Å². The first kappa shape index (κ1) is 16.9. The molecule has 0 N–H and O–H groups in total. The minimum Gasteiger partial charge on any atom is -0.381 e. The molecule has 1 saturated carbocycles. The topological polar surface area (TPSA) is 52.4 Å². The first-order valence-corrected chi connectivity index (χ1v) is 8.90. The molecule has 6 nitrogen and oxygen atoms in total. The van der Waals surface area contributed by atoms with E-state index in [0.29, 0.717) is 24.0 Å². The normalized spacial score (nSPS) is 29.5. The molecule has 23 heavy (non-hydrogen) atoms. The van der Waals surface area contributed by atoms with Gasteiger partial charge in [0.25, 0.3) is 0 Å². The van der Waals surface area contributed by atoms with Crippen molar-refractivity contribution in [1.82, 2.24) is 19.7 Å². The summed E-state index contributed by atoms with van der Waals surface area (Å²) in [6, 6.07) is 0.431. The molecule has 130 valence electrons. The van der Waals surface area contributed by atoms with E-state index in [9.17, 15) is 0 Å². The van der Waals surface area contributed by atoms with E-state index in [0.717, 1.165) is 38.7 Å². The lowest BCUT2D eigenvalue weighted by Gasteiger charge is -2.40. The number of hydrogen-bond acceptors (Lipinski definition) is 5. The Morgan fingerprint density at radius 2 is 2.26 bits per heavy atom. The fourth-order valence-electron chi connectivity index (χ4n) is 4.03. The highest BCUT2D eigenvalue weighted by Crippen LogP contribution is 2.34. The maximum Gasteiger partial charge on any atom is 0.141 e. The van der Waals surface area contributed by atoms with E-state index in [1.54, 1.807) is 6.33 Å². The number of morpholine rings is 1. The van der Waals surface area contributed by atoms with Crippen LogP contribution < -0.4 is 0 Å². The average Bonchev–Trinajstić information content (AvgIpc) is 3.17. The zero-order valence-electron chi connectivity index (χ0n) is 14.6. The van der Waals surface area contributed by atoms with Gasteiger partial charge in [0, 0.05) is 32.2 Å². The van der Waals surface area contributed by atoms with Gasteiger partial charge < -0.3 is 9.47 Å². The van der Waals surface area contributed by atoms with Crippen LogP contribution in [0.25, 0.3) is 0 Å². The van der Waals surface area contributed by atoms with Gasteiger partial charge in [-0.2, -0.15) is 5.10 Å². The lowest BCUT2D eigenvalue weighted by atomic mass is 9.94. The maximum absolute atomic E-state index is 5.79. The second-order valence-electron chi connectivity index (χ2n) is 7.23. The van der Waals surface area contributed by atoms with Crippen LogP contribution in [0.2, 0.25) is 0 Å². The third-order valence-corrected chi connectivity index (χ3v) is 5.16. The van der Waals surface area contributed by atoms with Crippen molar-refractivity contribution in [3.8, 4) is 0 Å². The number of ether oxygens (including phenoxy) is 2. The summed E-state index contributed by atoms with van der Waals surface area (Å²) < 4.78 is 13.6. The predicted octanol–water partition coefficient (Wildman–Crippen LogP) is 1.95. The Hall–Kier alpha value is -0.980. The molecule has 1 aliphatic carbocycles. The van der Waals surface area contributed by atoms with E-state index in [2.05, 4.69) is 33.5 Å². The fraction of sp³-hybridized carbons (Fsp3) is 0.882. The highest BCUT2D eigenvalue weighted by molar-refractivity contribution is 4.94. The molecule has 3 rings (SSSR count). The Labute approximate surface area is 139 Å². The lowest BCUT2D eigenvalue weighted by Crippen LogP contribution is -2.51. The van der Waals surface area contributed by atoms with Crippen LogP contribution in [0, 0.1) is 11.8 Å². The quantitative estimate of drug-likeness (QED) is 0.801. The van der Waals surface area contributed by atoms with Gasteiger partial charge in [0.15, 0.2) is 0 Å². The Bertz CT molecular complexity index is 491. The zero-order chi connectivity index (χ0) is 16.2. The van der Waals surface area contributed by atoms with E-state index in [1.165, 1.54) is 19.3 Å². The van der Waals surface area contributed by atoms with E-state index in [1.807, 2.05) is 7.11 Å². The van der Waals surface area contributed by atoms with Crippen molar-refractivity contribution in [2.45, 2.75) is 58.3 Å². The summed E-state index contributed by atoms with van der Waals surface area (Å²) in [5.41, 5.74) is 0. The molecular formula is C17H30N4O2. The number of aromatic nitrogens is 3. The molecule has 2 fully saturated rings. The van der Waals surface area contributed by atoms with E-state index in [-0.39, 0.29) is 0 Å². The van der Waals surface area contributed by atoms with Gasteiger partial charge in [-0.1, -0.05) is 20.3 Å². The minimum absolute atomic E-state index is 0.373. The maximum atomic E-state index is 5.79. The summed E-state index contributed by atoms with van der Waals surface area (Å²) >= 11 is 0. The van der Waals surface area contributed by atoms with Crippen LogP contribution in [0.3, 0.4) is 0 Å². The standard InChI is InChI=1S/C17H30N4O2/c1-13(2)9-21-17(18-12-19-21)10-20-7-8-23-11-15(20)14-5-4-6-16(14)22-3/h12-16H,4-11H2,1-3H3/t14-,15+,16-/m1/s1. The summed E-state index contributed by atoms with van der Waals surface area (Å²) in [7, 11) is 1.84. The molecule has 1 aromatic rings. The fourth-order valence-corrected chi connectivity index (χ4v) is 4.03. The minimum atomic E-state index is 0.373. The van der Waals surface area contributed by atoms with Gasteiger partial charge in [-0.3, -0.25) is 4.90 Å². The zero-order valence-corrected chi connectivity index (χ0v) is 14.6. The Kier molecular flexibility index (Phi) is 5.67. The molecule has 0 aromatic carbocycles. The van der Waals surface area contributed by atoms with Crippen LogP contribution in [0.5, 0.6) is 0 Å². The highest BCUT2D eigenvalue weighted by atomic mass is 16.5. The van der Waals surface area contributed by atoms with Crippen molar-refractivity contribution in [3.63, 3.8) is 0 Å². The van der Waals surface area contributed by atoms with E-state index >= 15 is 0 Å². The molecule has 2 heterocycles.